The number of rotatable bonds is 10. The Morgan fingerprint density at radius 1 is 1.12 bits per heavy atom. The molecule has 0 aliphatic heterocycles. The van der Waals surface area contributed by atoms with Crippen LogP contribution in [0.15, 0.2) is 34.9 Å². The number of ketones is 1. The van der Waals surface area contributed by atoms with Crippen molar-refractivity contribution in [1.29, 1.82) is 0 Å². The summed E-state index contributed by atoms with van der Waals surface area (Å²) in [6.07, 6.45) is 7.26. The molecule has 2 saturated carbocycles. The fourth-order valence-corrected chi connectivity index (χ4v) is 8.23. The van der Waals surface area contributed by atoms with Crippen molar-refractivity contribution in [2.24, 2.45) is 28.6 Å². The van der Waals surface area contributed by atoms with Crippen molar-refractivity contribution in [2.45, 2.75) is 117 Å². The first kappa shape index (κ1) is 31.6. The first-order valence-electron chi connectivity index (χ1n) is 15.2. The quantitative estimate of drug-likeness (QED) is 0.152. The molecule has 0 aromatic carbocycles. The summed E-state index contributed by atoms with van der Waals surface area (Å²) in [6.45, 7) is 12.5. The maximum Gasteiger partial charge on any atom is 0.333 e. The third-order valence-electron chi connectivity index (χ3n) is 10.8. The first-order chi connectivity index (χ1) is 19.2. The normalized spacial score (nSPS) is 39.0. The topological polar surface area (TPSA) is 130 Å². The lowest BCUT2D eigenvalue weighted by Crippen LogP contribution is -2.65. The third kappa shape index (κ3) is 4.56. The molecule has 4 rings (SSSR count). The van der Waals surface area contributed by atoms with Gasteiger partial charge in [-0.25, -0.2) is 4.79 Å². The summed E-state index contributed by atoms with van der Waals surface area (Å²) >= 11 is 0. The highest BCUT2D eigenvalue weighted by Gasteiger charge is 2.83. The second-order valence-corrected chi connectivity index (χ2v) is 13.4. The van der Waals surface area contributed by atoms with Crippen molar-refractivity contribution in [1.82, 2.24) is 0 Å². The van der Waals surface area contributed by atoms with Crippen molar-refractivity contribution >= 4 is 17.7 Å². The van der Waals surface area contributed by atoms with Gasteiger partial charge in [0.15, 0.2) is 5.78 Å². The molecule has 8 atom stereocenters. The minimum absolute atomic E-state index is 0.153. The molecule has 41 heavy (non-hydrogen) atoms. The molecule has 2 fully saturated rings. The smallest absolute Gasteiger partial charge is 0.333 e. The van der Waals surface area contributed by atoms with Gasteiger partial charge < -0.3 is 24.8 Å². The summed E-state index contributed by atoms with van der Waals surface area (Å²) in [7, 11) is 0. The number of ether oxygens (including phenoxy) is 2. The van der Waals surface area contributed by atoms with E-state index in [1.165, 1.54) is 0 Å². The SMILES string of the molecule is C/C=C(/C)C(=O)OCC1=C[C@@H]2C(=O)C3(C=C(C)[C@H](O)[C@@]3(O)[C@@H]1O)C(C)C[C@]1(OC(=O)CCCCCCC)[C@H]2C1(C)C. The molecule has 3 N–H and O–H groups in total. The van der Waals surface area contributed by atoms with Crippen LogP contribution in [0.25, 0.3) is 0 Å². The van der Waals surface area contributed by atoms with E-state index in [2.05, 4.69) is 6.92 Å². The first-order valence-corrected chi connectivity index (χ1v) is 15.2. The van der Waals surface area contributed by atoms with Crippen LogP contribution in [0.1, 0.15) is 93.4 Å². The van der Waals surface area contributed by atoms with E-state index >= 15 is 0 Å². The van der Waals surface area contributed by atoms with Gasteiger partial charge in [-0.05, 0) is 50.7 Å². The minimum Gasteiger partial charge on any atom is -0.458 e. The summed E-state index contributed by atoms with van der Waals surface area (Å²) in [5, 5.41) is 35.2. The van der Waals surface area contributed by atoms with Crippen LogP contribution < -0.4 is 0 Å². The number of aliphatic hydroxyl groups excluding tert-OH is 2. The van der Waals surface area contributed by atoms with Gasteiger partial charge in [-0.15, -0.1) is 0 Å². The highest BCUT2D eigenvalue weighted by Crippen LogP contribution is 2.75. The van der Waals surface area contributed by atoms with Gasteiger partial charge in [-0.1, -0.05) is 71.6 Å². The van der Waals surface area contributed by atoms with Gasteiger partial charge in [0.05, 0.1) is 5.41 Å². The van der Waals surface area contributed by atoms with Gasteiger partial charge in [0.1, 0.15) is 30.0 Å². The molecule has 2 unspecified atom stereocenters. The van der Waals surface area contributed by atoms with E-state index in [-0.39, 0.29) is 23.9 Å². The summed E-state index contributed by atoms with van der Waals surface area (Å²) in [5.41, 5.74) is -4.47. The fraction of sp³-hybridized carbons (Fsp3) is 0.727. The molecule has 8 nitrogen and oxygen atoms in total. The lowest BCUT2D eigenvalue weighted by atomic mass is 9.59. The summed E-state index contributed by atoms with van der Waals surface area (Å²) in [6, 6.07) is 0. The van der Waals surface area contributed by atoms with E-state index in [0.29, 0.717) is 24.0 Å². The number of carbonyl (C=O) groups excluding carboxylic acids is 3. The Labute approximate surface area is 243 Å². The Bertz CT molecular complexity index is 1180. The van der Waals surface area contributed by atoms with E-state index in [1.807, 2.05) is 20.8 Å². The second kappa shape index (κ2) is 11.1. The summed E-state index contributed by atoms with van der Waals surface area (Å²) < 4.78 is 11.8. The Kier molecular flexibility index (Phi) is 8.55. The van der Waals surface area contributed by atoms with Crippen LogP contribution in [-0.4, -0.2) is 63.1 Å². The van der Waals surface area contributed by atoms with Crippen LogP contribution in [0, 0.1) is 28.6 Å². The van der Waals surface area contributed by atoms with E-state index in [1.54, 1.807) is 39.0 Å². The van der Waals surface area contributed by atoms with E-state index < -0.39 is 58.0 Å². The maximum atomic E-state index is 14.6. The average Bonchev–Trinajstić information content (AvgIpc) is 3.34. The number of aliphatic hydroxyl groups is 3. The van der Waals surface area contributed by atoms with Crippen molar-refractivity contribution < 1.29 is 39.2 Å². The Balaban J connectivity index is 1.75. The third-order valence-corrected chi connectivity index (χ3v) is 10.8. The molecular weight excluding hydrogens is 524 g/mol. The molecule has 1 spiro atoms. The van der Waals surface area contributed by atoms with Crippen LogP contribution in [0.5, 0.6) is 0 Å². The number of carbonyl (C=O) groups is 3. The van der Waals surface area contributed by atoms with Crippen molar-refractivity contribution in [3.63, 3.8) is 0 Å². The number of Topliss-reactive ketones (excluding diaryl/α,β-unsaturated/α-hetero) is 1. The minimum atomic E-state index is -2.28. The largest absolute Gasteiger partial charge is 0.458 e. The lowest BCUT2D eigenvalue weighted by molar-refractivity contribution is -0.192. The molecule has 0 amide bonds. The van der Waals surface area contributed by atoms with Gasteiger partial charge in [-0.2, -0.15) is 0 Å². The number of hydrogen-bond acceptors (Lipinski definition) is 8. The molecule has 0 radical (unpaired) electrons. The summed E-state index contributed by atoms with van der Waals surface area (Å²) in [5.74, 6) is -3.01. The van der Waals surface area contributed by atoms with Gasteiger partial charge in [0.25, 0.3) is 0 Å². The number of hydrogen-bond donors (Lipinski definition) is 3. The van der Waals surface area contributed by atoms with E-state index in [9.17, 15) is 29.7 Å². The molecule has 0 saturated heterocycles. The van der Waals surface area contributed by atoms with Crippen LogP contribution in [0.3, 0.4) is 0 Å². The van der Waals surface area contributed by atoms with Gasteiger partial charge in [0.2, 0.25) is 0 Å². The number of esters is 2. The highest BCUT2D eigenvalue weighted by molar-refractivity contribution is 5.96. The summed E-state index contributed by atoms with van der Waals surface area (Å²) in [4.78, 5) is 40.3. The van der Waals surface area contributed by atoms with Crippen LogP contribution in [-0.2, 0) is 23.9 Å². The zero-order chi connectivity index (χ0) is 30.5. The number of unbranched alkanes of at least 4 members (excludes halogenated alkanes) is 4. The van der Waals surface area contributed by atoms with Crippen molar-refractivity contribution in [2.75, 3.05) is 6.61 Å². The van der Waals surface area contributed by atoms with Crippen molar-refractivity contribution in [3.8, 4) is 0 Å². The average molecular weight is 573 g/mol. The second-order valence-electron chi connectivity index (χ2n) is 13.4. The molecule has 0 aromatic heterocycles. The number of allylic oxidation sites excluding steroid dienone is 2. The molecular formula is C33H48O8. The monoisotopic (exact) mass is 572 g/mol. The van der Waals surface area contributed by atoms with Gasteiger partial charge >= 0.3 is 11.9 Å². The van der Waals surface area contributed by atoms with E-state index in [0.717, 1.165) is 32.1 Å². The molecule has 4 aliphatic rings. The van der Waals surface area contributed by atoms with Crippen LogP contribution in [0.4, 0.5) is 0 Å². The zero-order valence-corrected chi connectivity index (χ0v) is 25.7. The lowest BCUT2D eigenvalue weighted by Gasteiger charge is -2.48. The standard InChI is InChI=1S/C33H48O8/c1-8-10-11-12-13-14-24(34)41-32-17-21(5)31-16-20(4)26(35)33(31,39)27(36)22(18-40-29(38)19(3)9-2)15-23(28(31)37)25(32)30(32,6)7/h9,15-16,21,23,25-27,35-36,39H,8,10-14,17-18H2,1-7H3/b19-9-/t21?,23-,25+,26-,27+,31?,32-,33+/m0/s1. The van der Waals surface area contributed by atoms with Gasteiger partial charge in [-0.3, -0.25) is 9.59 Å². The highest BCUT2D eigenvalue weighted by atomic mass is 16.6. The Morgan fingerprint density at radius 3 is 2.41 bits per heavy atom. The van der Waals surface area contributed by atoms with Crippen LogP contribution in [0.2, 0.25) is 0 Å². The Morgan fingerprint density at radius 2 is 1.78 bits per heavy atom. The van der Waals surface area contributed by atoms with Crippen LogP contribution >= 0.6 is 0 Å². The zero-order valence-electron chi connectivity index (χ0n) is 25.7. The van der Waals surface area contributed by atoms with E-state index in [4.69, 9.17) is 9.47 Å². The number of fused-ring (bicyclic) bond motifs is 3. The Hall–Kier alpha value is -2.29. The fourth-order valence-electron chi connectivity index (χ4n) is 8.23. The molecule has 2 bridgehead atoms. The maximum absolute atomic E-state index is 14.6. The molecule has 0 aromatic rings. The molecule has 4 aliphatic carbocycles. The predicted octanol–water partition coefficient (Wildman–Crippen LogP) is 4.36. The van der Waals surface area contributed by atoms with Gasteiger partial charge in [0, 0.05) is 29.2 Å². The van der Waals surface area contributed by atoms with Crippen molar-refractivity contribution in [3.05, 3.63) is 34.9 Å². The molecule has 8 heteroatoms. The molecule has 228 valence electrons. The predicted molar refractivity (Wildman–Crippen MR) is 153 cm³/mol. The molecule has 0 heterocycles.